The molecule has 35 heavy (non-hydrogen) atoms. The third-order valence-corrected chi connectivity index (χ3v) is 5.46. The lowest BCUT2D eigenvalue weighted by Crippen LogP contribution is -2.42. The van der Waals surface area contributed by atoms with Gasteiger partial charge >= 0.3 is 12.1 Å². The van der Waals surface area contributed by atoms with Gasteiger partial charge in [0.25, 0.3) is 6.43 Å². The number of nitrogens with zero attached hydrogens (tertiary/aromatic N) is 4. The summed E-state index contributed by atoms with van der Waals surface area (Å²) < 4.78 is 45.2. The summed E-state index contributed by atoms with van der Waals surface area (Å²) in [6.45, 7) is 1.09. The van der Waals surface area contributed by atoms with Crippen LogP contribution >= 0.6 is 12.2 Å². The Kier molecular flexibility index (Phi) is 8.70. The van der Waals surface area contributed by atoms with Crippen molar-refractivity contribution in [3.8, 4) is 0 Å². The molecule has 0 bridgehead atoms. The molecule has 2 fully saturated rings. The molecule has 0 radical (unpaired) electrons. The number of amidine groups is 1. The van der Waals surface area contributed by atoms with Crippen molar-refractivity contribution in [2.45, 2.75) is 12.5 Å². The van der Waals surface area contributed by atoms with E-state index in [9.17, 15) is 22.8 Å². The normalized spacial score (nSPS) is 19.3. The van der Waals surface area contributed by atoms with Crippen LogP contribution in [0.4, 0.5) is 34.1 Å². The highest BCUT2D eigenvalue weighted by Gasteiger charge is 2.33. The van der Waals surface area contributed by atoms with Gasteiger partial charge in [-0.25, -0.2) is 28.2 Å². The smallest absolute Gasteiger partial charge is 0.414 e. The molecule has 0 saturated carbocycles. The second-order valence-corrected chi connectivity index (χ2v) is 7.92. The number of rotatable bonds is 6. The maximum Gasteiger partial charge on any atom is 0.414 e. The summed E-state index contributed by atoms with van der Waals surface area (Å²) in [4.78, 5) is 30.3. The number of ether oxygens (including phenoxy) is 1. The van der Waals surface area contributed by atoms with E-state index in [4.69, 9.17) is 15.6 Å². The number of amides is 3. The van der Waals surface area contributed by atoms with Crippen LogP contribution in [-0.4, -0.2) is 84.9 Å². The van der Waals surface area contributed by atoms with Crippen molar-refractivity contribution in [1.82, 2.24) is 15.8 Å². The number of aliphatic hydroxyl groups is 1. The Morgan fingerprint density at radius 1 is 1.40 bits per heavy atom. The second kappa shape index (κ2) is 11.7. The minimum atomic E-state index is -2.81. The van der Waals surface area contributed by atoms with Gasteiger partial charge in [0.05, 0.1) is 37.3 Å². The van der Waals surface area contributed by atoms with Gasteiger partial charge < -0.3 is 25.8 Å². The van der Waals surface area contributed by atoms with E-state index in [-0.39, 0.29) is 43.4 Å². The summed E-state index contributed by atoms with van der Waals surface area (Å²) in [5, 5.41) is 12.3. The lowest BCUT2D eigenvalue weighted by atomic mass is 10.2. The maximum absolute atomic E-state index is 15.0. The molecule has 190 valence electrons. The van der Waals surface area contributed by atoms with Gasteiger partial charge in [0.15, 0.2) is 0 Å². The number of nitrogens with one attached hydrogen (secondary N) is 2. The number of anilines is 2. The van der Waals surface area contributed by atoms with E-state index < -0.39 is 35.5 Å². The number of thiocarbonyl (C=S) groups is 1. The molecule has 3 amide bonds. The Labute approximate surface area is 204 Å². The number of hydrazine groups is 1. The van der Waals surface area contributed by atoms with Crippen LogP contribution in [0.1, 0.15) is 0 Å². The number of halogens is 3. The van der Waals surface area contributed by atoms with Crippen LogP contribution in [0.2, 0.25) is 0 Å². The van der Waals surface area contributed by atoms with Gasteiger partial charge in [-0.15, -0.1) is 0 Å². The van der Waals surface area contributed by atoms with Crippen LogP contribution in [0.15, 0.2) is 35.5 Å². The topological polar surface area (TPSA) is 136 Å². The third-order valence-electron chi connectivity index (χ3n) is 5.14. The zero-order chi connectivity index (χ0) is 25.5. The van der Waals surface area contributed by atoms with Gasteiger partial charge in [-0.05, 0) is 18.2 Å². The summed E-state index contributed by atoms with van der Waals surface area (Å²) in [5.41, 5.74) is 8.89. The Hall–Kier alpha value is -3.59. The summed E-state index contributed by atoms with van der Waals surface area (Å²) in [7, 11) is 0. The number of urea groups is 1. The lowest BCUT2D eigenvalue weighted by Gasteiger charge is -2.24. The summed E-state index contributed by atoms with van der Waals surface area (Å²) in [5.74, 6) is -0.761. The van der Waals surface area contributed by atoms with Gasteiger partial charge in [-0.3, -0.25) is 9.91 Å². The minimum absolute atomic E-state index is 0.0380. The molecule has 5 N–H and O–H groups in total. The molecule has 0 aliphatic carbocycles. The largest absolute Gasteiger partial charge is 0.515 e. The zero-order valence-electron chi connectivity index (χ0n) is 18.4. The fraction of sp³-hybridized carbons (Fsp3) is 0.400. The third kappa shape index (κ3) is 6.73. The maximum atomic E-state index is 15.0. The van der Waals surface area contributed by atoms with E-state index in [1.165, 1.54) is 22.0 Å². The minimum Gasteiger partial charge on any atom is -0.515 e. The molecule has 15 heteroatoms. The van der Waals surface area contributed by atoms with Crippen LogP contribution in [0.3, 0.4) is 0 Å². The van der Waals surface area contributed by atoms with Gasteiger partial charge in [0.1, 0.15) is 22.7 Å². The molecule has 2 aliphatic heterocycles. The van der Waals surface area contributed by atoms with Gasteiger partial charge in [0, 0.05) is 25.7 Å². The number of hydrogen-bond acceptors (Lipinski definition) is 7. The summed E-state index contributed by atoms with van der Waals surface area (Å²) in [6, 6.07) is 3.58. The Balaban J connectivity index is 1.62. The number of aliphatic imine (C=N–C) groups is 1. The van der Waals surface area contributed by atoms with E-state index in [2.05, 4.69) is 28.0 Å². The predicted octanol–water partition coefficient (Wildman–Crippen LogP) is 1.51. The predicted molar refractivity (Wildman–Crippen MR) is 126 cm³/mol. The number of carbonyl (C=O) groups is 2. The number of nitrogens with two attached hydrogens (primary N) is 1. The summed E-state index contributed by atoms with van der Waals surface area (Å²) in [6.07, 6.45) is -2.54. The first-order valence-electron chi connectivity index (χ1n) is 10.5. The van der Waals surface area contributed by atoms with Crippen molar-refractivity contribution in [3.63, 3.8) is 0 Å². The monoisotopic (exact) mass is 515 g/mol. The first-order chi connectivity index (χ1) is 16.7. The average molecular weight is 516 g/mol. The first-order valence-corrected chi connectivity index (χ1v) is 10.9. The SMILES string of the molecule is NC(/C=C\O)=NC(=O)N1CCN(c2ccc(N3CC(CNC(=S)C(F)F)OC3=O)cc2F)CCN1. The van der Waals surface area contributed by atoms with Crippen LogP contribution in [0, 0.1) is 5.82 Å². The van der Waals surface area contributed by atoms with Gasteiger partial charge in [0.2, 0.25) is 0 Å². The number of alkyl halides is 2. The lowest BCUT2D eigenvalue weighted by molar-refractivity contribution is 0.142. The van der Waals surface area contributed by atoms with Crippen LogP contribution in [0.25, 0.3) is 0 Å². The molecule has 2 saturated heterocycles. The van der Waals surface area contributed by atoms with Gasteiger partial charge in [-0.1, -0.05) is 12.2 Å². The quantitative estimate of drug-likeness (QED) is 0.192. The summed E-state index contributed by atoms with van der Waals surface area (Å²) >= 11 is 4.50. The molecular formula is C20H24F3N7O4S. The molecule has 1 atom stereocenters. The molecule has 1 aromatic carbocycles. The average Bonchev–Trinajstić information content (AvgIpc) is 3.01. The fourth-order valence-corrected chi connectivity index (χ4v) is 3.55. The van der Waals surface area contributed by atoms with Crippen molar-refractivity contribution in [3.05, 3.63) is 36.4 Å². The second-order valence-electron chi connectivity index (χ2n) is 7.48. The number of carbonyl (C=O) groups excluding carboxylic acids is 2. The highest BCUT2D eigenvalue weighted by Crippen LogP contribution is 2.28. The Morgan fingerprint density at radius 2 is 2.17 bits per heavy atom. The number of hydrogen-bond donors (Lipinski definition) is 4. The standard InChI is InChI=1S/C20H24F3N7O4S/c21-14-9-12(29-11-13(34-20(29)33)10-25-18(35)17(22)23)1-2-15(14)28-5-4-26-30(7-6-28)19(32)27-16(24)3-8-31/h1-3,8-9,13,17,26,31H,4-7,10-11H2,(H,25,35)(H2,24,27,32)/b8-3-. The van der Waals surface area contributed by atoms with Crippen LogP contribution in [-0.2, 0) is 4.74 Å². The van der Waals surface area contributed by atoms with Crippen molar-refractivity contribution in [2.24, 2.45) is 10.7 Å². The molecule has 11 nitrogen and oxygen atoms in total. The molecule has 1 aromatic rings. The molecular weight excluding hydrogens is 491 g/mol. The number of aliphatic hydroxyl groups excluding tert-OH is 1. The molecule has 0 spiro atoms. The Bertz CT molecular complexity index is 1030. The molecule has 1 unspecified atom stereocenters. The number of cyclic esters (lactones) is 1. The number of benzene rings is 1. The van der Waals surface area contributed by atoms with Crippen molar-refractivity contribution in [2.75, 3.05) is 49.1 Å². The van der Waals surface area contributed by atoms with Crippen molar-refractivity contribution >= 4 is 46.5 Å². The van der Waals surface area contributed by atoms with Crippen molar-refractivity contribution in [1.29, 1.82) is 0 Å². The first kappa shape index (κ1) is 26.0. The van der Waals surface area contributed by atoms with Crippen LogP contribution in [0.5, 0.6) is 0 Å². The van der Waals surface area contributed by atoms with E-state index in [0.29, 0.717) is 19.4 Å². The van der Waals surface area contributed by atoms with E-state index in [1.807, 2.05) is 0 Å². The molecule has 0 aromatic heterocycles. The zero-order valence-corrected chi connectivity index (χ0v) is 19.2. The van der Waals surface area contributed by atoms with Crippen LogP contribution < -0.4 is 26.3 Å². The molecule has 2 aliphatic rings. The van der Waals surface area contributed by atoms with Gasteiger partial charge in [-0.2, -0.15) is 4.99 Å². The van der Waals surface area contributed by atoms with E-state index in [0.717, 1.165) is 6.08 Å². The Morgan fingerprint density at radius 3 is 2.86 bits per heavy atom. The highest BCUT2D eigenvalue weighted by atomic mass is 32.1. The fourth-order valence-electron chi connectivity index (χ4n) is 3.47. The van der Waals surface area contributed by atoms with Crippen molar-refractivity contribution < 1.29 is 32.6 Å². The highest BCUT2D eigenvalue weighted by molar-refractivity contribution is 7.80. The van der Waals surface area contributed by atoms with E-state index in [1.54, 1.807) is 11.0 Å². The van der Waals surface area contributed by atoms with E-state index >= 15 is 0 Å². The molecule has 3 rings (SSSR count). The molecule has 2 heterocycles.